The second-order valence-corrected chi connectivity index (χ2v) is 3.33. The number of ether oxygens (including phenoxy) is 2. The van der Waals surface area contributed by atoms with Crippen molar-refractivity contribution in [3.63, 3.8) is 0 Å². The Kier molecular flexibility index (Phi) is 2.67. The fourth-order valence-corrected chi connectivity index (χ4v) is 1.58. The van der Waals surface area contributed by atoms with E-state index in [0.717, 1.165) is 6.07 Å². The smallest absolute Gasteiger partial charge is 0.416 e. The van der Waals surface area contributed by atoms with E-state index in [9.17, 15) is 13.2 Å². The fraction of sp³-hybridized carbons (Fsp3) is 0.400. The zero-order valence-corrected chi connectivity index (χ0v) is 8.17. The molecule has 1 aliphatic heterocycles. The minimum atomic E-state index is -4.45. The molecule has 0 spiro atoms. The normalized spacial score (nSPS) is 14.2. The maximum Gasteiger partial charge on any atom is 0.416 e. The molecule has 0 saturated heterocycles. The predicted molar refractivity (Wildman–Crippen MR) is 48.4 cm³/mol. The zero-order valence-electron chi connectivity index (χ0n) is 8.17. The van der Waals surface area contributed by atoms with Crippen molar-refractivity contribution in [1.29, 1.82) is 0 Å². The number of alkyl halides is 3. The summed E-state index contributed by atoms with van der Waals surface area (Å²) in [6.45, 7) is -0.419. The van der Waals surface area contributed by atoms with E-state index in [-0.39, 0.29) is 36.9 Å². The molecule has 0 radical (unpaired) electrons. The van der Waals surface area contributed by atoms with Crippen LogP contribution >= 0.6 is 0 Å². The third kappa shape index (κ3) is 1.92. The van der Waals surface area contributed by atoms with Gasteiger partial charge in [-0.05, 0) is 24.1 Å². The molecule has 0 amide bonds. The summed E-state index contributed by atoms with van der Waals surface area (Å²) >= 11 is 0. The molecule has 0 atom stereocenters. The number of aliphatic hydroxyl groups is 1. The molecule has 0 saturated carbocycles. The van der Waals surface area contributed by atoms with Gasteiger partial charge in [0, 0.05) is 6.61 Å². The molecule has 0 bridgehead atoms. The van der Waals surface area contributed by atoms with Gasteiger partial charge in [-0.3, -0.25) is 0 Å². The Morgan fingerprint density at radius 3 is 2.38 bits per heavy atom. The van der Waals surface area contributed by atoms with Crippen LogP contribution in [0, 0.1) is 0 Å². The Bertz CT molecular complexity index is 401. The van der Waals surface area contributed by atoms with Crippen molar-refractivity contribution < 1.29 is 27.8 Å². The second kappa shape index (κ2) is 3.86. The number of hydrogen-bond acceptors (Lipinski definition) is 3. The number of aliphatic hydroxyl groups excluding tert-OH is 1. The van der Waals surface area contributed by atoms with E-state index in [2.05, 4.69) is 0 Å². The standard InChI is InChI=1S/C10H9F3O3/c11-10(12,13)7-4-9-8(15-5-16-9)3-6(7)1-2-14/h3-4,14H,1-2,5H2. The van der Waals surface area contributed by atoms with Gasteiger partial charge in [-0.1, -0.05) is 0 Å². The number of hydrogen-bond donors (Lipinski definition) is 1. The van der Waals surface area contributed by atoms with Crippen molar-refractivity contribution in [3.05, 3.63) is 23.3 Å². The zero-order chi connectivity index (χ0) is 11.8. The van der Waals surface area contributed by atoms with Crippen LogP contribution in [0.2, 0.25) is 0 Å². The van der Waals surface area contributed by atoms with Crippen molar-refractivity contribution in [1.82, 2.24) is 0 Å². The van der Waals surface area contributed by atoms with Crippen LogP contribution in [0.25, 0.3) is 0 Å². The lowest BCUT2D eigenvalue weighted by Crippen LogP contribution is -2.10. The molecule has 88 valence electrons. The van der Waals surface area contributed by atoms with Crippen LogP contribution in [-0.4, -0.2) is 18.5 Å². The number of benzene rings is 1. The van der Waals surface area contributed by atoms with E-state index in [1.165, 1.54) is 6.07 Å². The minimum absolute atomic E-state index is 0.0132. The van der Waals surface area contributed by atoms with Gasteiger partial charge < -0.3 is 14.6 Å². The van der Waals surface area contributed by atoms with E-state index < -0.39 is 11.7 Å². The Morgan fingerprint density at radius 1 is 1.19 bits per heavy atom. The summed E-state index contributed by atoms with van der Waals surface area (Å²) in [7, 11) is 0. The molecule has 1 aromatic carbocycles. The first-order valence-electron chi connectivity index (χ1n) is 4.63. The highest BCUT2D eigenvalue weighted by molar-refractivity contribution is 5.49. The third-order valence-corrected chi connectivity index (χ3v) is 2.28. The molecular weight excluding hydrogens is 225 g/mol. The molecule has 1 heterocycles. The van der Waals surface area contributed by atoms with Crippen molar-refractivity contribution >= 4 is 0 Å². The monoisotopic (exact) mass is 234 g/mol. The quantitative estimate of drug-likeness (QED) is 0.850. The average Bonchev–Trinajstić information content (AvgIpc) is 2.62. The Labute approximate surface area is 89.4 Å². The van der Waals surface area contributed by atoms with Crippen LogP contribution in [-0.2, 0) is 12.6 Å². The molecular formula is C10H9F3O3. The predicted octanol–water partition coefficient (Wildman–Crippen LogP) is 1.97. The van der Waals surface area contributed by atoms with Crippen LogP contribution in [0.3, 0.4) is 0 Å². The summed E-state index contributed by atoms with van der Waals surface area (Å²) in [5, 5.41) is 8.72. The highest BCUT2D eigenvalue weighted by atomic mass is 19.4. The molecule has 6 heteroatoms. The van der Waals surface area contributed by atoms with E-state index in [1.54, 1.807) is 0 Å². The topological polar surface area (TPSA) is 38.7 Å². The summed E-state index contributed by atoms with van der Waals surface area (Å²) < 4.78 is 47.9. The Morgan fingerprint density at radius 2 is 1.81 bits per heavy atom. The largest absolute Gasteiger partial charge is 0.454 e. The molecule has 16 heavy (non-hydrogen) atoms. The van der Waals surface area contributed by atoms with E-state index >= 15 is 0 Å². The summed E-state index contributed by atoms with van der Waals surface area (Å²) in [5.41, 5.74) is -0.773. The molecule has 1 N–H and O–H groups in total. The van der Waals surface area contributed by atoms with Crippen molar-refractivity contribution in [2.24, 2.45) is 0 Å². The van der Waals surface area contributed by atoms with Crippen LogP contribution in [0.4, 0.5) is 13.2 Å². The maximum absolute atomic E-state index is 12.7. The Balaban J connectivity index is 2.49. The van der Waals surface area contributed by atoms with Crippen molar-refractivity contribution in [2.75, 3.05) is 13.4 Å². The number of halogens is 3. The van der Waals surface area contributed by atoms with Gasteiger partial charge in [-0.15, -0.1) is 0 Å². The lowest BCUT2D eigenvalue weighted by Gasteiger charge is -2.12. The first-order chi connectivity index (χ1) is 7.52. The first-order valence-corrected chi connectivity index (χ1v) is 4.63. The molecule has 0 fully saturated rings. The molecule has 2 rings (SSSR count). The average molecular weight is 234 g/mol. The van der Waals surface area contributed by atoms with Crippen LogP contribution in [0.15, 0.2) is 12.1 Å². The lowest BCUT2D eigenvalue weighted by atomic mass is 10.0. The van der Waals surface area contributed by atoms with Crippen molar-refractivity contribution in [3.8, 4) is 11.5 Å². The summed E-state index contributed by atoms with van der Waals surface area (Å²) in [5.74, 6) is 0.380. The maximum atomic E-state index is 12.7. The van der Waals surface area contributed by atoms with Crippen LogP contribution in [0.1, 0.15) is 11.1 Å². The van der Waals surface area contributed by atoms with Gasteiger partial charge in [0.2, 0.25) is 6.79 Å². The third-order valence-electron chi connectivity index (χ3n) is 2.28. The lowest BCUT2D eigenvalue weighted by molar-refractivity contribution is -0.138. The fourth-order valence-electron chi connectivity index (χ4n) is 1.58. The highest BCUT2D eigenvalue weighted by Crippen LogP contribution is 2.41. The van der Waals surface area contributed by atoms with Crippen LogP contribution in [0.5, 0.6) is 11.5 Å². The first kappa shape index (κ1) is 11.1. The molecule has 3 nitrogen and oxygen atoms in total. The summed E-state index contributed by atoms with van der Waals surface area (Å²) in [6, 6.07) is 2.18. The van der Waals surface area contributed by atoms with Gasteiger partial charge in [0.1, 0.15) is 0 Å². The summed E-state index contributed by atoms with van der Waals surface area (Å²) in [4.78, 5) is 0. The highest BCUT2D eigenvalue weighted by Gasteiger charge is 2.35. The molecule has 0 unspecified atom stereocenters. The van der Waals surface area contributed by atoms with Gasteiger partial charge in [0.25, 0.3) is 0 Å². The van der Waals surface area contributed by atoms with E-state index in [1.807, 2.05) is 0 Å². The molecule has 1 aliphatic rings. The van der Waals surface area contributed by atoms with Gasteiger partial charge in [-0.25, -0.2) is 0 Å². The minimum Gasteiger partial charge on any atom is -0.454 e. The molecule has 1 aromatic rings. The summed E-state index contributed by atoms with van der Waals surface area (Å²) in [6.07, 6.45) is -4.52. The second-order valence-electron chi connectivity index (χ2n) is 3.33. The Hall–Kier alpha value is -1.43. The van der Waals surface area contributed by atoms with Gasteiger partial charge in [0.15, 0.2) is 11.5 Å². The van der Waals surface area contributed by atoms with Gasteiger partial charge in [0.05, 0.1) is 5.56 Å². The number of fused-ring (bicyclic) bond motifs is 1. The SMILES string of the molecule is OCCc1cc2c(cc1C(F)(F)F)OCO2. The van der Waals surface area contributed by atoms with E-state index in [4.69, 9.17) is 14.6 Å². The van der Waals surface area contributed by atoms with Gasteiger partial charge in [-0.2, -0.15) is 13.2 Å². The van der Waals surface area contributed by atoms with Gasteiger partial charge >= 0.3 is 6.18 Å². The van der Waals surface area contributed by atoms with Crippen LogP contribution < -0.4 is 9.47 Å². The van der Waals surface area contributed by atoms with E-state index in [0.29, 0.717) is 0 Å². The van der Waals surface area contributed by atoms with Crippen molar-refractivity contribution in [2.45, 2.75) is 12.6 Å². The number of rotatable bonds is 2. The molecule has 0 aliphatic carbocycles. The molecule has 0 aromatic heterocycles.